The Kier molecular flexibility index (Phi) is 11.6. The predicted octanol–water partition coefficient (Wildman–Crippen LogP) is 3.41. The minimum absolute atomic E-state index is 0.0623. The number of amides is 4. The summed E-state index contributed by atoms with van der Waals surface area (Å²) in [4.78, 5) is 41.3. The van der Waals surface area contributed by atoms with Crippen molar-refractivity contribution in [3.63, 3.8) is 0 Å². The molecule has 7 heteroatoms. The molecule has 0 heterocycles. The second-order valence-electron chi connectivity index (χ2n) is 7.86. The van der Waals surface area contributed by atoms with Gasteiger partial charge in [-0.2, -0.15) is 0 Å². The van der Waals surface area contributed by atoms with Gasteiger partial charge in [-0.3, -0.25) is 9.59 Å². The molecule has 3 N–H and O–H groups in total. The standard InChI is InChI=1S/C23H37N4O3/c1-5-7-16-27(22(29)19-11-9-8-10-12-19)20(17-26(15-6-2)23(24)30)21(28)25-14-13-18(3)4/h8-12,14,18,20H,5-7,13,15-17H2,1-4H3,(H2,24,30)(H,25,28)/t20-/m0/s1. The number of unbranched alkanes of at least 4 members (excludes halogenated alkanes) is 1. The van der Waals surface area contributed by atoms with Crippen LogP contribution in [0.5, 0.6) is 0 Å². The molecule has 7 nitrogen and oxygen atoms in total. The van der Waals surface area contributed by atoms with Crippen LogP contribution >= 0.6 is 0 Å². The van der Waals surface area contributed by atoms with E-state index in [9.17, 15) is 14.4 Å². The zero-order valence-electron chi connectivity index (χ0n) is 18.8. The highest BCUT2D eigenvalue weighted by molar-refractivity contribution is 5.97. The number of benzene rings is 1. The number of nitrogens with one attached hydrogen (secondary N) is 1. The van der Waals surface area contributed by atoms with Crippen LogP contribution in [0.1, 0.15) is 63.7 Å². The number of carbonyl (C=O) groups is 3. The molecule has 0 aliphatic heterocycles. The van der Waals surface area contributed by atoms with Crippen LogP contribution in [0.2, 0.25) is 0 Å². The molecule has 0 aromatic heterocycles. The summed E-state index contributed by atoms with van der Waals surface area (Å²) in [5.74, 6) is -0.138. The highest BCUT2D eigenvalue weighted by atomic mass is 16.2. The minimum Gasteiger partial charge on any atom is -0.351 e. The zero-order chi connectivity index (χ0) is 22.5. The first kappa shape index (κ1) is 25.5. The van der Waals surface area contributed by atoms with Crippen LogP contribution in [0.15, 0.2) is 30.3 Å². The second-order valence-corrected chi connectivity index (χ2v) is 7.86. The van der Waals surface area contributed by atoms with E-state index >= 15 is 0 Å². The third-order valence-electron chi connectivity index (χ3n) is 4.75. The summed E-state index contributed by atoms with van der Waals surface area (Å²) in [5.41, 5.74) is 6.06. The number of primary amides is 1. The molecule has 1 atom stereocenters. The summed E-state index contributed by atoms with van der Waals surface area (Å²) in [7, 11) is 0. The van der Waals surface area contributed by atoms with E-state index in [0.29, 0.717) is 37.4 Å². The maximum atomic E-state index is 13.3. The number of urea groups is 1. The van der Waals surface area contributed by atoms with Gasteiger partial charge in [-0.25, -0.2) is 4.79 Å². The normalized spacial score (nSPS) is 11.8. The van der Waals surface area contributed by atoms with Gasteiger partial charge in [-0.05, 0) is 37.3 Å². The molecule has 1 rings (SSSR count). The van der Waals surface area contributed by atoms with Crippen molar-refractivity contribution in [2.45, 2.75) is 59.4 Å². The molecule has 0 saturated carbocycles. The van der Waals surface area contributed by atoms with Crippen molar-refractivity contribution in [2.75, 3.05) is 19.6 Å². The Morgan fingerprint density at radius 1 is 1.07 bits per heavy atom. The Morgan fingerprint density at radius 2 is 1.73 bits per heavy atom. The average Bonchev–Trinajstić information content (AvgIpc) is 2.72. The average molecular weight is 418 g/mol. The summed E-state index contributed by atoms with van der Waals surface area (Å²) in [6.07, 6.45) is 3.05. The van der Waals surface area contributed by atoms with Gasteiger partial charge in [0, 0.05) is 25.2 Å². The van der Waals surface area contributed by atoms with E-state index in [2.05, 4.69) is 19.2 Å². The summed E-state index contributed by atoms with van der Waals surface area (Å²) in [5, 5.41) is 2.83. The largest absolute Gasteiger partial charge is 0.351 e. The Morgan fingerprint density at radius 3 is 2.27 bits per heavy atom. The van der Waals surface area contributed by atoms with E-state index in [4.69, 9.17) is 5.73 Å². The van der Waals surface area contributed by atoms with Crippen molar-refractivity contribution in [3.8, 4) is 0 Å². The third-order valence-corrected chi connectivity index (χ3v) is 4.75. The maximum Gasteiger partial charge on any atom is 0.314 e. The Hall–Kier alpha value is -2.57. The Bertz CT molecular complexity index is 664. The first-order chi connectivity index (χ1) is 14.3. The summed E-state index contributed by atoms with van der Waals surface area (Å²) in [6, 6.07) is 7.48. The summed E-state index contributed by atoms with van der Waals surface area (Å²) < 4.78 is 0. The fourth-order valence-electron chi connectivity index (χ4n) is 3.06. The van der Waals surface area contributed by atoms with Gasteiger partial charge in [0.1, 0.15) is 6.04 Å². The molecule has 1 radical (unpaired) electrons. The molecule has 0 aliphatic rings. The van der Waals surface area contributed by atoms with E-state index < -0.39 is 12.1 Å². The fraction of sp³-hybridized carbons (Fsp3) is 0.565. The van der Waals surface area contributed by atoms with Crippen molar-refractivity contribution in [1.29, 1.82) is 0 Å². The molecule has 0 bridgehead atoms. The van der Waals surface area contributed by atoms with Crippen LogP contribution in [0.3, 0.4) is 0 Å². The van der Waals surface area contributed by atoms with E-state index in [-0.39, 0.29) is 18.4 Å². The van der Waals surface area contributed by atoms with E-state index in [1.54, 1.807) is 35.7 Å². The maximum absolute atomic E-state index is 13.3. The first-order valence-corrected chi connectivity index (χ1v) is 10.8. The Labute approximate surface area is 181 Å². The van der Waals surface area contributed by atoms with Crippen LogP contribution in [0.25, 0.3) is 0 Å². The smallest absolute Gasteiger partial charge is 0.314 e. The lowest BCUT2D eigenvalue weighted by molar-refractivity contribution is -0.125. The topological polar surface area (TPSA) is 95.7 Å². The lowest BCUT2D eigenvalue weighted by atomic mass is 10.1. The van der Waals surface area contributed by atoms with Crippen molar-refractivity contribution in [2.24, 2.45) is 11.7 Å². The van der Waals surface area contributed by atoms with Gasteiger partial charge in [0.25, 0.3) is 5.91 Å². The van der Waals surface area contributed by atoms with Crippen LogP contribution in [0, 0.1) is 12.5 Å². The molecule has 1 aromatic carbocycles. The van der Waals surface area contributed by atoms with Crippen molar-refractivity contribution in [1.82, 2.24) is 15.1 Å². The fourth-order valence-corrected chi connectivity index (χ4v) is 3.06. The van der Waals surface area contributed by atoms with Gasteiger partial charge in [0.2, 0.25) is 5.91 Å². The first-order valence-electron chi connectivity index (χ1n) is 10.8. The van der Waals surface area contributed by atoms with Gasteiger partial charge in [-0.1, -0.05) is 52.3 Å². The van der Waals surface area contributed by atoms with Crippen LogP contribution in [-0.2, 0) is 4.79 Å². The highest BCUT2D eigenvalue weighted by Crippen LogP contribution is 2.13. The van der Waals surface area contributed by atoms with Crippen molar-refractivity contribution in [3.05, 3.63) is 42.4 Å². The van der Waals surface area contributed by atoms with Crippen molar-refractivity contribution < 1.29 is 14.4 Å². The quantitative estimate of drug-likeness (QED) is 0.515. The van der Waals surface area contributed by atoms with Crippen LogP contribution in [0.4, 0.5) is 4.79 Å². The van der Waals surface area contributed by atoms with Crippen LogP contribution < -0.4 is 11.1 Å². The molecule has 1 aromatic rings. The number of hydrogen-bond donors (Lipinski definition) is 2. The molecule has 0 spiro atoms. The third kappa shape index (κ3) is 8.43. The van der Waals surface area contributed by atoms with E-state index in [1.807, 2.05) is 19.9 Å². The number of carbonyl (C=O) groups excluding carboxylic acids is 3. The molecule has 30 heavy (non-hydrogen) atoms. The monoisotopic (exact) mass is 417 g/mol. The Balaban J connectivity index is 3.19. The lowest BCUT2D eigenvalue weighted by Crippen LogP contribution is -2.56. The van der Waals surface area contributed by atoms with E-state index in [0.717, 1.165) is 12.8 Å². The molecule has 4 amide bonds. The van der Waals surface area contributed by atoms with Crippen LogP contribution in [-0.4, -0.2) is 53.3 Å². The number of hydrogen-bond acceptors (Lipinski definition) is 3. The predicted molar refractivity (Wildman–Crippen MR) is 120 cm³/mol. The van der Waals surface area contributed by atoms with Gasteiger partial charge in [0.05, 0.1) is 6.54 Å². The SMILES string of the molecule is CCCCN(C(=O)c1ccccc1)[C@@H](CN(CCC)C(N)=O)C(=O)N[CH]CC(C)C. The van der Waals surface area contributed by atoms with E-state index in [1.165, 1.54) is 4.90 Å². The van der Waals surface area contributed by atoms with Gasteiger partial charge >= 0.3 is 6.03 Å². The molecular formula is C23H37N4O3. The van der Waals surface area contributed by atoms with Gasteiger partial charge < -0.3 is 20.9 Å². The van der Waals surface area contributed by atoms with Gasteiger partial charge in [0.15, 0.2) is 0 Å². The summed E-state index contributed by atoms with van der Waals surface area (Å²) >= 11 is 0. The lowest BCUT2D eigenvalue weighted by Gasteiger charge is -2.34. The minimum atomic E-state index is -0.827. The molecule has 0 aliphatic carbocycles. The number of rotatable bonds is 13. The number of nitrogens with two attached hydrogens (primary N) is 1. The molecule has 0 saturated heterocycles. The molecule has 0 fully saturated rings. The second kappa shape index (κ2) is 13.6. The summed E-state index contributed by atoms with van der Waals surface area (Å²) in [6.45, 7) is 10.7. The highest BCUT2D eigenvalue weighted by Gasteiger charge is 2.32. The molecular weight excluding hydrogens is 380 g/mol. The van der Waals surface area contributed by atoms with Crippen molar-refractivity contribution >= 4 is 17.8 Å². The molecule has 0 unspecified atom stereocenters. The molecule has 167 valence electrons. The van der Waals surface area contributed by atoms with Gasteiger partial charge in [-0.15, -0.1) is 0 Å². The number of nitrogens with zero attached hydrogens (tertiary/aromatic N) is 2. The zero-order valence-corrected chi connectivity index (χ0v) is 18.8.